The Labute approximate surface area is 182 Å². The molecule has 1 N–H and O–H groups in total. The van der Waals surface area contributed by atoms with Gasteiger partial charge in [0.15, 0.2) is 0 Å². The van der Waals surface area contributed by atoms with Crippen LogP contribution < -0.4 is 0 Å². The number of hydrogen-bond donors (Lipinski definition) is 1. The molecule has 162 valence electrons. The zero-order chi connectivity index (χ0) is 22.2. The molecule has 0 aromatic heterocycles. The fourth-order valence-corrected chi connectivity index (χ4v) is 4.00. The Kier molecular flexibility index (Phi) is 7.77. The Morgan fingerprint density at radius 1 is 0.871 bits per heavy atom. The van der Waals surface area contributed by atoms with Crippen molar-refractivity contribution in [2.75, 3.05) is 0 Å². The van der Waals surface area contributed by atoms with Gasteiger partial charge in [-0.3, -0.25) is 9.32 Å². The smallest absolute Gasteiger partial charge is 0.423 e. The van der Waals surface area contributed by atoms with E-state index in [0.717, 1.165) is 0 Å². The van der Waals surface area contributed by atoms with Gasteiger partial charge >= 0.3 is 13.8 Å². The van der Waals surface area contributed by atoms with Crippen LogP contribution in [0.5, 0.6) is 0 Å². The Morgan fingerprint density at radius 3 is 1.84 bits per heavy atom. The van der Waals surface area contributed by atoms with Gasteiger partial charge in [0.2, 0.25) is 0 Å². The normalized spacial score (nSPS) is 13.4. The van der Waals surface area contributed by atoms with E-state index in [1.165, 1.54) is 0 Å². The molecule has 0 saturated heterocycles. The summed E-state index contributed by atoms with van der Waals surface area (Å²) in [6.45, 7) is 1.70. The zero-order valence-electron chi connectivity index (χ0n) is 17.2. The molecule has 0 bridgehead atoms. The van der Waals surface area contributed by atoms with E-state index < -0.39 is 19.6 Å². The van der Waals surface area contributed by atoms with E-state index in [1.54, 1.807) is 84.9 Å². The molecule has 0 aliphatic heterocycles. The molecule has 3 aromatic rings. The molecule has 0 amide bonds. The van der Waals surface area contributed by atoms with Crippen molar-refractivity contribution in [1.82, 2.24) is 0 Å². The fourth-order valence-electron chi connectivity index (χ4n) is 3.06. The van der Waals surface area contributed by atoms with E-state index >= 15 is 0 Å². The SMILES string of the molecule is CCCC(=O)OC(OP(=O)(O)OCc1ccccc1)(c1ccccc1)c1ccccc1. The molecule has 3 rings (SSSR count). The van der Waals surface area contributed by atoms with Crippen LogP contribution in [-0.2, 0) is 35.5 Å². The van der Waals surface area contributed by atoms with E-state index in [2.05, 4.69) is 0 Å². The third-order valence-corrected chi connectivity index (χ3v) is 5.44. The van der Waals surface area contributed by atoms with Gasteiger partial charge in [0.1, 0.15) is 0 Å². The Hall–Kier alpha value is -2.76. The molecular weight excluding hydrogens is 415 g/mol. The van der Waals surface area contributed by atoms with Crippen molar-refractivity contribution in [3.8, 4) is 0 Å². The molecule has 3 aromatic carbocycles. The molecule has 0 fully saturated rings. The summed E-state index contributed by atoms with van der Waals surface area (Å²) in [4.78, 5) is 23.2. The van der Waals surface area contributed by atoms with Gasteiger partial charge in [0.05, 0.1) is 6.61 Å². The monoisotopic (exact) mass is 440 g/mol. The standard InChI is InChI=1S/C24H25O6P/c1-2-12-23(25)29-24(21-15-8-4-9-16-21,22-17-10-5-11-18-22)30-31(26,27)28-19-20-13-6-3-7-14-20/h3-11,13-18H,2,12,19H2,1H3,(H,26,27). The second-order valence-corrected chi connectivity index (χ2v) is 8.27. The number of carbonyl (C=O) groups is 1. The van der Waals surface area contributed by atoms with Gasteiger partial charge in [-0.25, -0.2) is 9.09 Å². The molecule has 0 saturated carbocycles. The summed E-state index contributed by atoms with van der Waals surface area (Å²) in [5.41, 5.74) is 1.49. The fraction of sp³-hybridized carbons (Fsp3) is 0.208. The van der Waals surface area contributed by atoms with Crippen LogP contribution in [0.1, 0.15) is 36.5 Å². The molecular formula is C24H25O6P. The molecule has 0 aliphatic carbocycles. The summed E-state index contributed by atoms with van der Waals surface area (Å²) in [7, 11) is -4.66. The second-order valence-electron chi connectivity index (χ2n) is 6.89. The van der Waals surface area contributed by atoms with Crippen molar-refractivity contribution >= 4 is 13.8 Å². The highest BCUT2D eigenvalue weighted by atomic mass is 31.2. The minimum absolute atomic E-state index is 0.130. The van der Waals surface area contributed by atoms with Gasteiger partial charge in [-0.05, 0) is 12.0 Å². The number of carbonyl (C=O) groups excluding carboxylic acids is 1. The Morgan fingerprint density at radius 2 is 1.35 bits per heavy atom. The molecule has 1 unspecified atom stereocenters. The first-order chi connectivity index (χ1) is 15.0. The van der Waals surface area contributed by atoms with Crippen molar-refractivity contribution < 1.29 is 28.0 Å². The molecule has 7 heteroatoms. The second kappa shape index (κ2) is 10.5. The van der Waals surface area contributed by atoms with Crippen molar-refractivity contribution in [3.63, 3.8) is 0 Å². The molecule has 0 aliphatic rings. The minimum Gasteiger partial charge on any atom is -0.423 e. The van der Waals surface area contributed by atoms with E-state index in [9.17, 15) is 14.3 Å². The number of phosphoric acid groups is 1. The lowest BCUT2D eigenvalue weighted by Gasteiger charge is -2.34. The van der Waals surface area contributed by atoms with Crippen LogP contribution in [0.3, 0.4) is 0 Å². The lowest BCUT2D eigenvalue weighted by atomic mass is 9.97. The van der Waals surface area contributed by atoms with Crippen LogP contribution in [0.15, 0.2) is 91.0 Å². The Bertz CT molecular complexity index is 969. The van der Waals surface area contributed by atoms with Crippen LogP contribution >= 0.6 is 7.82 Å². The van der Waals surface area contributed by atoms with E-state index in [1.807, 2.05) is 13.0 Å². The highest BCUT2D eigenvalue weighted by molar-refractivity contribution is 7.47. The van der Waals surface area contributed by atoms with Crippen molar-refractivity contribution in [2.45, 2.75) is 32.2 Å². The molecule has 0 heterocycles. The van der Waals surface area contributed by atoms with Crippen LogP contribution in [0.2, 0.25) is 0 Å². The van der Waals surface area contributed by atoms with E-state index in [0.29, 0.717) is 23.1 Å². The summed E-state index contributed by atoms with van der Waals surface area (Å²) in [6.07, 6.45) is 0.686. The van der Waals surface area contributed by atoms with Gasteiger partial charge in [-0.1, -0.05) is 97.9 Å². The highest BCUT2D eigenvalue weighted by Crippen LogP contribution is 2.53. The van der Waals surface area contributed by atoms with Crippen molar-refractivity contribution in [1.29, 1.82) is 0 Å². The largest absolute Gasteiger partial charge is 0.476 e. The summed E-state index contributed by atoms with van der Waals surface area (Å²) in [5.74, 6) is -2.51. The minimum atomic E-state index is -4.66. The molecule has 1 atom stereocenters. The predicted molar refractivity (Wildman–Crippen MR) is 117 cm³/mol. The topological polar surface area (TPSA) is 82.1 Å². The van der Waals surface area contributed by atoms with E-state index in [-0.39, 0.29) is 13.0 Å². The maximum Gasteiger partial charge on any atom is 0.476 e. The van der Waals surface area contributed by atoms with Crippen LogP contribution in [0.4, 0.5) is 0 Å². The number of benzene rings is 3. The van der Waals surface area contributed by atoms with Crippen LogP contribution in [0.25, 0.3) is 0 Å². The first-order valence-corrected chi connectivity index (χ1v) is 11.5. The van der Waals surface area contributed by atoms with Crippen molar-refractivity contribution in [3.05, 3.63) is 108 Å². The Balaban J connectivity index is 2.01. The van der Waals surface area contributed by atoms with Gasteiger partial charge in [0.25, 0.3) is 5.79 Å². The first kappa shape index (κ1) is 22.9. The zero-order valence-corrected chi connectivity index (χ0v) is 18.1. The lowest BCUT2D eigenvalue weighted by molar-refractivity contribution is -0.193. The van der Waals surface area contributed by atoms with Gasteiger partial charge in [0, 0.05) is 17.5 Å². The molecule has 0 radical (unpaired) electrons. The number of rotatable bonds is 10. The average Bonchev–Trinajstić information content (AvgIpc) is 2.79. The third-order valence-electron chi connectivity index (χ3n) is 4.50. The summed E-state index contributed by atoms with van der Waals surface area (Å²) >= 11 is 0. The summed E-state index contributed by atoms with van der Waals surface area (Å²) in [5, 5.41) is 0. The number of phosphoric ester groups is 1. The van der Waals surface area contributed by atoms with Gasteiger partial charge in [-0.15, -0.1) is 0 Å². The maximum absolute atomic E-state index is 13.0. The maximum atomic E-state index is 13.0. The number of esters is 1. The first-order valence-electron chi connectivity index (χ1n) is 10.00. The quantitative estimate of drug-likeness (QED) is 0.252. The van der Waals surface area contributed by atoms with Crippen LogP contribution in [0, 0.1) is 0 Å². The van der Waals surface area contributed by atoms with Gasteiger partial charge in [-0.2, -0.15) is 0 Å². The van der Waals surface area contributed by atoms with Crippen molar-refractivity contribution in [2.24, 2.45) is 0 Å². The number of ether oxygens (including phenoxy) is 1. The third kappa shape index (κ3) is 6.12. The summed E-state index contributed by atoms with van der Waals surface area (Å²) in [6, 6.07) is 26.2. The van der Waals surface area contributed by atoms with E-state index in [4.69, 9.17) is 13.8 Å². The summed E-state index contributed by atoms with van der Waals surface area (Å²) < 4.78 is 29.7. The molecule has 6 nitrogen and oxygen atoms in total. The number of hydrogen-bond acceptors (Lipinski definition) is 5. The average molecular weight is 440 g/mol. The molecule has 0 spiro atoms. The van der Waals surface area contributed by atoms with Gasteiger partial charge < -0.3 is 9.63 Å². The highest BCUT2D eigenvalue weighted by Gasteiger charge is 2.46. The lowest BCUT2D eigenvalue weighted by Crippen LogP contribution is -2.36. The predicted octanol–water partition coefficient (Wildman–Crippen LogP) is 5.56. The van der Waals surface area contributed by atoms with Crippen LogP contribution in [-0.4, -0.2) is 10.9 Å². The molecule has 31 heavy (non-hydrogen) atoms.